The van der Waals surface area contributed by atoms with Gasteiger partial charge in [-0.3, -0.25) is 0 Å². The molecular weight excluding hydrogens is 236 g/mol. The van der Waals surface area contributed by atoms with Gasteiger partial charge in [-0.05, 0) is 18.3 Å². The Kier molecular flexibility index (Phi) is 5.00. The first kappa shape index (κ1) is 14.1. The molecule has 0 unspecified atom stereocenters. The number of rotatable bonds is 5. The molecule has 1 aliphatic carbocycles. The standard InChI is InChI=1S/C15H26N4/c1-3-14-18-13(16)10-15(19-14)17-9-8-12-6-4-11(2)5-7-12/h10-12H,3-9H2,1-2H3,(H3,16,17,18,19). The maximum atomic E-state index is 5.77. The van der Waals surface area contributed by atoms with Crippen LogP contribution in [0.5, 0.6) is 0 Å². The Bertz CT molecular complexity index is 397. The van der Waals surface area contributed by atoms with E-state index in [2.05, 4.69) is 22.2 Å². The molecule has 19 heavy (non-hydrogen) atoms. The second kappa shape index (κ2) is 6.73. The highest BCUT2D eigenvalue weighted by atomic mass is 15.0. The van der Waals surface area contributed by atoms with Gasteiger partial charge in [-0.1, -0.05) is 39.5 Å². The largest absolute Gasteiger partial charge is 0.384 e. The lowest BCUT2D eigenvalue weighted by atomic mass is 9.81. The first-order valence-corrected chi connectivity index (χ1v) is 7.54. The zero-order chi connectivity index (χ0) is 13.7. The minimum absolute atomic E-state index is 0.556. The Morgan fingerprint density at radius 2 is 2.00 bits per heavy atom. The van der Waals surface area contributed by atoms with Crippen molar-refractivity contribution in [2.45, 2.75) is 52.4 Å². The van der Waals surface area contributed by atoms with Crippen LogP contribution in [0.2, 0.25) is 0 Å². The van der Waals surface area contributed by atoms with Crippen LogP contribution < -0.4 is 11.1 Å². The zero-order valence-electron chi connectivity index (χ0n) is 12.2. The smallest absolute Gasteiger partial charge is 0.132 e. The van der Waals surface area contributed by atoms with Crippen molar-refractivity contribution in [2.24, 2.45) is 11.8 Å². The summed E-state index contributed by atoms with van der Waals surface area (Å²) in [6, 6.07) is 1.82. The average molecular weight is 262 g/mol. The van der Waals surface area contributed by atoms with E-state index in [1.807, 2.05) is 13.0 Å². The third-order valence-electron chi connectivity index (χ3n) is 4.10. The monoisotopic (exact) mass is 262 g/mol. The molecule has 0 spiro atoms. The predicted octanol–water partition coefficient (Wildman–Crippen LogP) is 3.25. The minimum atomic E-state index is 0.556. The fraction of sp³-hybridized carbons (Fsp3) is 0.733. The number of hydrogen-bond acceptors (Lipinski definition) is 4. The van der Waals surface area contributed by atoms with Crippen molar-refractivity contribution in [3.63, 3.8) is 0 Å². The molecule has 1 fully saturated rings. The molecule has 3 N–H and O–H groups in total. The molecule has 0 aliphatic heterocycles. The summed E-state index contributed by atoms with van der Waals surface area (Å²) in [5, 5.41) is 3.39. The molecular formula is C15H26N4. The van der Waals surface area contributed by atoms with E-state index in [4.69, 9.17) is 5.73 Å². The number of anilines is 2. The molecule has 106 valence electrons. The third kappa shape index (κ3) is 4.37. The molecule has 0 amide bonds. The predicted molar refractivity (Wildman–Crippen MR) is 80.1 cm³/mol. The second-order valence-electron chi connectivity index (χ2n) is 5.79. The van der Waals surface area contributed by atoms with Gasteiger partial charge < -0.3 is 11.1 Å². The van der Waals surface area contributed by atoms with E-state index in [0.29, 0.717) is 5.82 Å². The number of nitrogen functional groups attached to an aromatic ring is 1. The summed E-state index contributed by atoms with van der Waals surface area (Å²) in [4.78, 5) is 8.63. The van der Waals surface area contributed by atoms with Crippen LogP contribution >= 0.6 is 0 Å². The molecule has 1 aromatic heterocycles. The van der Waals surface area contributed by atoms with Crippen LogP contribution in [0.4, 0.5) is 11.6 Å². The van der Waals surface area contributed by atoms with Crippen molar-refractivity contribution < 1.29 is 0 Å². The molecule has 0 atom stereocenters. The highest BCUT2D eigenvalue weighted by molar-refractivity contribution is 5.44. The van der Waals surface area contributed by atoms with Gasteiger partial charge in [-0.15, -0.1) is 0 Å². The average Bonchev–Trinajstić information content (AvgIpc) is 2.40. The summed E-state index contributed by atoms with van der Waals surface area (Å²) >= 11 is 0. The summed E-state index contributed by atoms with van der Waals surface area (Å²) in [6.45, 7) is 5.39. The van der Waals surface area contributed by atoms with E-state index in [1.54, 1.807) is 0 Å². The van der Waals surface area contributed by atoms with Crippen molar-refractivity contribution >= 4 is 11.6 Å². The third-order valence-corrected chi connectivity index (χ3v) is 4.10. The Morgan fingerprint density at radius 3 is 2.68 bits per heavy atom. The molecule has 1 heterocycles. The molecule has 0 radical (unpaired) electrons. The van der Waals surface area contributed by atoms with E-state index in [-0.39, 0.29) is 0 Å². The van der Waals surface area contributed by atoms with Crippen LogP contribution in [0, 0.1) is 11.8 Å². The van der Waals surface area contributed by atoms with Gasteiger partial charge in [0.25, 0.3) is 0 Å². The fourth-order valence-electron chi connectivity index (χ4n) is 2.79. The van der Waals surface area contributed by atoms with Crippen LogP contribution in [0.25, 0.3) is 0 Å². The highest BCUT2D eigenvalue weighted by Gasteiger charge is 2.17. The van der Waals surface area contributed by atoms with E-state index < -0.39 is 0 Å². The first-order valence-electron chi connectivity index (χ1n) is 7.54. The van der Waals surface area contributed by atoms with E-state index in [9.17, 15) is 0 Å². The number of aryl methyl sites for hydroxylation is 1. The van der Waals surface area contributed by atoms with E-state index in [0.717, 1.165) is 36.4 Å². The fourth-order valence-corrected chi connectivity index (χ4v) is 2.79. The lowest BCUT2D eigenvalue weighted by Gasteiger charge is -2.26. The Labute approximate surface area is 116 Å². The molecule has 0 saturated heterocycles. The van der Waals surface area contributed by atoms with Gasteiger partial charge in [0.2, 0.25) is 0 Å². The lowest BCUT2D eigenvalue weighted by Crippen LogP contribution is -2.16. The normalized spacial score (nSPS) is 23.3. The lowest BCUT2D eigenvalue weighted by molar-refractivity contribution is 0.282. The van der Waals surface area contributed by atoms with Crippen LogP contribution in [-0.4, -0.2) is 16.5 Å². The van der Waals surface area contributed by atoms with Gasteiger partial charge in [0, 0.05) is 19.0 Å². The quantitative estimate of drug-likeness (QED) is 0.855. The maximum absolute atomic E-state index is 5.77. The molecule has 1 aliphatic rings. The molecule has 1 aromatic rings. The van der Waals surface area contributed by atoms with Gasteiger partial charge in [-0.2, -0.15) is 0 Å². The topological polar surface area (TPSA) is 63.8 Å². The van der Waals surface area contributed by atoms with Crippen molar-refractivity contribution in [1.29, 1.82) is 0 Å². The van der Waals surface area contributed by atoms with Crippen LogP contribution in [0.15, 0.2) is 6.07 Å². The summed E-state index contributed by atoms with van der Waals surface area (Å²) in [5.41, 5.74) is 5.77. The van der Waals surface area contributed by atoms with Gasteiger partial charge in [0.1, 0.15) is 17.5 Å². The number of aromatic nitrogens is 2. The van der Waals surface area contributed by atoms with Gasteiger partial charge in [0.15, 0.2) is 0 Å². The molecule has 0 aromatic carbocycles. The molecule has 1 saturated carbocycles. The molecule has 4 nitrogen and oxygen atoms in total. The first-order chi connectivity index (χ1) is 9.17. The van der Waals surface area contributed by atoms with Crippen molar-refractivity contribution in [3.05, 3.63) is 11.9 Å². The van der Waals surface area contributed by atoms with Crippen LogP contribution in [0.3, 0.4) is 0 Å². The Hall–Kier alpha value is -1.32. The molecule has 2 rings (SSSR count). The maximum Gasteiger partial charge on any atom is 0.132 e. The van der Waals surface area contributed by atoms with Crippen LogP contribution in [-0.2, 0) is 6.42 Å². The van der Waals surface area contributed by atoms with Gasteiger partial charge in [0.05, 0.1) is 0 Å². The number of nitrogens with one attached hydrogen (secondary N) is 1. The summed E-state index contributed by atoms with van der Waals surface area (Å²) in [5.74, 6) is 4.05. The van der Waals surface area contributed by atoms with E-state index >= 15 is 0 Å². The minimum Gasteiger partial charge on any atom is -0.384 e. The van der Waals surface area contributed by atoms with Gasteiger partial charge >= 0.3 is 0 Å². The van der Waals surface area contributed by atoms with Gasteiger partial charge in [-0.25, -0.2) is 9.97 Å². The summed E-state index contributed by atoms with van der Waals surface area (Å²) in [6.07, 6.45) is 7.61. The number of nitrogens with zero attached hydrogens (tertiary/aromatic N) is 2. The van der Waals surface area contributed by atoms with Crippen molar-refractivity contribution in [3.8, 4) is 0 Å². The van der Waals surface area contributed by atoms with Crippen molar-refractivity contribution in [1.82, 2.24) is 9.97 Å². The Morgan fingerprint density at radius 1 is 1.26 bits per heavy atom. The summed E-state index contributed by atoms with van der Waals surface area (Å²) < 4.78 is 0. The molecule has 4 heteroatoms. The SMILES string of the molecule is CCc1nc(N)cc(NCCC2CCC(C)CC2)n1. The number of nitrogens with two attached hydrogens (primary N) is 1. The zero-order valence-corrected chi connectivity index (χ0v) is 12.2. The van der Waals surface area contributed by atoms with E-state index in [1.165, 1.54) is 32.1 Å². The molecule has 0 bridgehead atoms. The number of hydrogen-bond donors (Lipinski definition) is 2. The van der Waals surface area contributed by atoms with Crippen molar-refractivity contribution in [2.75, 3.05) is 17.6 Å². The Balaban J connectivity index is 1.77. The second-order valence-corrected chi connectivity index (χ2v) is 5.79. The summed E-state index contributed by atoms with van der Waals surface area (Å²) in [7, 11) is 0. The highest BCUT2D eigenvalue weighted by Crippen LogP contribution is 2.30. The van der Waals surface area contributed by atoms with Crippen LogP contribution in [0.1, 0.15) is 51.8 Å².